The zero-order valence-electron chi connectivity index (χ0n) is 17.7. The Morgan fingerprint density at radius 2 is 1.61 bits per heavy atom. The lowest BCUT2D eigenvalue weighted by atomic mass is 10.0. The molecule has 0 aliphatic heterocycles. The molecule has 2 aromatic rings. The zero-order valence-corrected chi connectivity index (χ0v) is 18.5. The maximum atomic E-state index is 13.2. The van der Waals surface area contributed by atoms with Gasteiger partial charge in [-0.3, -0.25) is 0 Å². The molecule has 0 radical (unpaired) electrons. The van der Waals surface area contributed by atoms with E-state index in [0.717, 1.165) is 5.56 Å². The number of carboxylic acid groups (broad SMARTS) is 1. The van der Waals surface area contributed by atoms with Crippen molar-refractivity contribution in [1.29, 1.82) is 0 Å². The third-order valence-electron chi connectivity index (χ3n) is 4.77. The topological polar surface area (TPSA) is 127 Å². The number of hydrogen-bond acceptors (Lipinski definition) is 5. The van der Waals surface area contributed by atoms with Crippen molar-refractivity contribution in [3.05, 3.63) is 65.7 Å². The molecule has 0 saturated carbocycles. The summed E-state index contributed by atoms with van der Waals surface area (Å²) in [6.45, 7) is 3.42. The maximum absolute atomic E-state index is 13.2. The number of nitrogens with one attached hydrogen (secondary N) is 1. The number of sulfonamides is 1. The molecule has 0 aliphatic carbocycles. The molecule has 2 rings (SSSR count). The predicted octanol–water partition coefficient (Wildman–Crippen LogP) is 2.07. The highest BCUT2D eigenvalue weighted by Crippen LogP contribution is 2.20. The number of hydrogen-bond donors (Lipinski definition) is 4. The average Bonchev–Trinajstić information content (AvgIpc) is 2.73. The Morgan fingerprint density at radius 1 is 1.00 bits per heavy atom. The molecule has 0 heterocycles. The lowest BCUT2D eigenvalue weighted by Gasteiger charge is -2.30. The van der Waals surface area contributed by atoms with Crippen molar-refractivity contribution in [1.82, 2.24) is 9.62 Å². The van der Waals surface area contributed by atoms with E-state index < -0.39 is 28.3 Å². The van der Waals surface area contributed by atoms with E-state index in [4.69, 9.17) is 0 Å². The van der Waals surface area contributed by atoms with Crippen LogP contribution in [0.3, 0.4) is 0 Å². The van der Waals surface area contributed by atoms with E-state index in [1.807, 2.05) is 44.2 Å². The van der Waals surface area contributed by atoms with E-state index in [9.17, 15) is 28.5 Å². The van der Waals surface area contributed by atoms with E-state index in [1.165, 1.54) is 28.6 Å². The molecule has 8 nitrogen and oxygen atoms in total. The fourth-order valence-corrected chi connectivity index (χ4v) is 4.86. The first kappa shape index (κ1) is 24.8. The minimum atomic E-state index is -3.93. The van der Waals surface area contributed by atoms with E-state index in [-0.39, 0.29) is 36.9 Å². The molecule has 0 bridgehead atoms. The number of aliphatic hydroxyl groups excluding tert-OH is 2. The molecule has 0 fully saturated rings. The zero-order chi connectivity index (χ0) is 23.0. The summed E-state index contributed by atoms with van der Waals surface area (Å²) in [5.41, 5.74) is 1.40. The lowest BCUT2D eigenvalue weighted by Crippen LogP contribution is -2.50. The van der Waals surface area contributed by atoms with Gasteiger partial charge in [-0.2, -0.15) is 4.31 Å². The van der Waals surface area contributed by atoms with Crippen molar-refractivity contribution in [2.75, 3.05) is 13.1 Å². The number of rotatable bonds is 11. The number of nitrogens with zero attached hydrogens (tertiary/aromatic N) is 1. The van der Waals surface area contributed by atoms with Crippen LogP contribution < -0.4 is 5.32 Å². The van der Waals surface area contributed by atoms with Gasteiger partial charge in [-0.25, -0.2) is 13.2 Å². The van der Waals surface area contributed by atoms with Gasteiger partial charge in [0.15, 0.2) is 0 Å². The van der Waals surface area contributed by atoms with Gasteiger partial charge in [0.1, 0.15) is 0 Å². The number of carbonyl (C=O) groups is 1. The van der Waals surface area contributed by atoms with Gasteiger partial charge in [0.25, 0.3) is 0 Å². The van der Waals surface area contributed by atoms with Crippen molar-refractivity contribution in [2.24, 2.45) is 5.92 Å². The van der Waals surface area contributed by atoms with Crippen LogP contribution in [0.2, 0.25) is 0 Å². The van der Waals surface area contributed by atoms with Crippen LogP contribution in [0, 0.1) is 5.92 Å². The summed E-state index contributed by atoms with van der Waals surface area (Å²) < 4.78 is 27.6. The fourth-order valence-electron chi connectivity index (χ4n) is 3.24. The van der Waals surface area contributed by atoms with Gasteiger partial charge in [-0.1, -0.05) is 56.3 Å². The molecular formula is C22H30N2O6S. The first-order valence-corrected chi connectivity index (χ1v) is 11.5. The molecular weight excluding hydrogens is 420 g/mol. The molecule has 0 unspecified atom stereocenters. The smallest absolute Gasteiger partial charge is 0.404 e. The van der Waals surface area contributed by atoms with Crippen LogP contribution in [-0.2, 0) is 23.1 Å². The molecule has 170 valence electrons. The Morgan fingerprint density at radius 3 is 2.13 bits per heavy atom. The van der Waals surface area contributed by atoms with Gasteiger partial charge in [0, 0.05) is 13.1 Å². The lowest BCUT2D eigenvalue weighted by molar-refractivity contribution is 0.0980. The molecule has 31 heavy (non-hydrogen) atoms. The molecule has 0 spiro atoms. The van der Waals surface area contributed by atoms with Crippen molar-refractivity contribution in [3.8, 4) is 0 Å². The molecule has 0 aliphatic rings. The largest absolute Gasteiger partial charge is 0.465 e. The van der Waals surface area contributed by atoms with E-state index in [2.05, 4.69) is 5.32 Å². The van der Waals surface area contributed by atoms with Gasteiger partial charge in [-0.15, -0.1) is 0 Å². The molecule has 2 aromatic carbocycles. The average molecular weight is 451 g/mol. The monoisotopic (exact) mass is 450 g/mol. The van der Waals surface area contributed by atoms with E-state index in [1.54, 1.807) is 0 Å². The van der Waals surface area contributed by atoms with Crippen molar-refractivity contribution in [3.63, 3.8) is 0 Å². The van der Waals surface area contributed by atoms with E-state index in [0.29, 0.717) is 5.56 Å². The number of amides is 1. The standard InChI is InChI=1S/C22H30N2O6S/c1-16(2)13-24(31(29,30)19-10-8-18(15-25)9-11-19)14-21(26)20(23-22(27)28)12-17-6-4-3-5-7-17/h3-11,16,20-21,23,25-26H,12-15H2,1-2H3,(H,27,28)/t20-,21+/m0/s1. The summed E-state index contributed by atoms with van der Waals surface area (Å²) in [4.78, 5) is 11.3. The first-order valence-electron chi connectivity index (χ1n) is 10.0. The Kier molecular flexibility index (Phi) is 9.00. The van der Waals surface area contributed by atoms with Gasteiger partial charge in [0.2, 0.25) is 10.0 Å². The Bertz CT molecular complexity index is 932. The third kappa shape index (κ3) is 7.32. The van der Waals surface area contributed by atoms with Crippen LogP contribution in [0.1, 0.15) is 25.0 Å². The summed E-state index contributed by atoms with van der Waals surface area (Å²) in [5, 5.41) is 31.5. The first-order chi connectivity index (χ1) is 14.6. The van der Waals surface area contributed by atoms with Crippen molar-refractivity contribution >= 4 is 16.1 Å². The highest BCUT2D eigenvalue weighted by molar-refractivity contribution is 7.89. The van der Waals surface area contributed by atoms with E-state index >= 15 is 0 Å². The minimum absolute atomic E-state index is 0.0151. The second-order valence-electron chi connectivity index (χ2n) is 7.83. The second-order valence-corrected chi connectivity index (χ2v) is 9.77. The summed E-state index contributed by atoms with van der Waals surface area (Å²) in [7, 11) is -3.93. The Balaban J connectivity index is 2.27. The predicted molar refractivity (Wildman–Crippen MR) is 117 cm³/mol. The molecule has 1 amide bonds. The summed E-state index contributed by atoms with van der Waals surface area (Å²) in [6, 6.07) is 14.1. The van der Waals surface area contributed by atoms with Crippen LogP contribution in [0.5, 0.6) is 0 Å². The maximum Gasteiger partial charge on any atom is 0.404 e. The quantitative estimate of drug-likeness (QED) is 0.415. The molecule has 4 N–H and O–H groups in total. The van der Waals surface area contributed by atoms with Crippen LogP contribution >= 0.6 is 0 Å². The van der Waals surface area contributed by atoms with Crippen molar-refractivity contribution < 1.29 is 28.5 Å². The van der Waals surface area contributed by atoms with Gasteiger partial charge >= 0.3 is 6.09 Å². The van der Waals surface area contributed by atoms with Crippen molar-refractivity contribution in [2.45, 2.75) is 43.9 Å². The highest BCUT2D eigenvalue weighted by Gasteiger charge is 2.31. The molecule has 2 atom stereocenters. The van der Waals surface area contributed by atoms with Crippen LogP contribution in [0.25, 0.3) is 0 Å². The van der Waals surface area contributed by atoms with Crippen LogP contribution in [-0.4, -0.2) is 59.4 Å². The normalized spacial score (nSPS) is 13.9. The fraction of sp³-hybridized carbons (Fsp3) is 0.409. The van der Waals surface area contributed by atoms with Crippen LogP contribution in [0.15, 0.2) is 59.5 Å². The van der Waals surface area contributed by atoms with Gasteiger partial charge in [-0.05, 0) is 35.6 Å². The number of aliphatic hydroxyl groups is 2. The van der Waals surface area contributed by atoms with Crippen LogP contribution in [0.4, 0.5) is 4.79 Å². The SMILES string of the molecule is CC(C)CN(C[C@@H](O)[C@H](Cc1ccccc1)NC(=O)O)S(=O)(=O)c1ccc(CO)cc1. The summed E-state index contributed by atoms with van der Waals surface area (Å²) >= 11 is 0. The Hall–Kier alpha value is -2.46. The van der Waals surface area contributed by atoms with Gasteiger partial charge in [0.05, 0.1) is 23.6 Å². The minimum Gasteiger partial charge on any atom is -0.465 e. The molecule has 9 heteroatoms. The van der Waals surface area contributed by atoms with Gasteiger partial charge < -0.3 is 20.6 Å². The third-order valence-corrected chi connectivity index (χ3v) is 6.62. The molecule has 0 aromatic heterocycles. The number of benzene rings is 2. The molecule has 0 saturated heterocycles. The second kappa shape index (κ2) is 11.2. The summed E-state index contributed by atoms with van der Waals surface area (Å²) in [5.74, 6) is -0.0151. The summed E-state index contributed by atoms with van der Waals surface area (Å²) in [6.07, 6.45) is -2.34. The Labute approximate surface area is 183 Å². The highest BCUT2D eigenvalue weighted by atomic mass is 32.2.